The Hall–Kier alpha value is -3.08. The number of carbonyl (C=O) groups excluding carboxylic acids is 1. The number of carbonyl (C=O) groups is 1. The summed E-state index contributed by atoms with van der Waals surface area (Å²) in [5, 5.41) is 4.45. The summed E-state index contributed by atoms with van der Waals surface area (Å²) in [7, 11) is 1.65. The second-order valence-corrected chi connectivity index (χ2v) is 7.29. The number of pyridine rings is 1. The lowest BCUT2D eigenvalue weighted by molar-refractivity contribution is 0.0719. The standard InChI is InChI=1S/C23H25N3O2/c1-16-9-10-20-19(13-16)21(24-17-7-6-8-18(14-17)28-2)15-22(25-20)23(27)26-11-4-3-5-12-26/h6-10,13-15H,3-5,11-12H2,1-2H3,(H,24,25). The van der Waals surface area contributed by atoms with Crippen molar-refractivity contribution < 1.29 is 9.53 Å². The van der Waals surface area contributed by atoms with Gasteiger partial charge < -0.3 is 15.0 Å². The highest BCUT2D eigenvalue weighted by molar-refractivity contribution is 6.00. The third-order valence-corrected chi connectivity index (χ3v) is 5.18. The predicted molar refractivity (Wildman–Crippen MR) is 113 cm³/mol. The maximum atomic E-state index is 13.0. The maximum absolute atomic E-state index is 13.0. The fourth-order valence-corrected chi connectivity index (χ4v) is 3.67. The highest BCUT2D eigenvalue weighted by Crippen LogP contribution is 2.29. The molecule has 28 heavy (non-hydrogen) atoms. The molecule has 1 aliphatic heterocycles. The zero-order valence-corrected chi connectivity index (χ0v) is 16.4. The van der Waals surface area contributed by atoms with Gasteiger partial charge in [0.05, 0.1) is 18.3 Å². The number of nitrogens with zero attached hydrogens (tertiary/aromatic N) is 2. The van der Waals surface area contributed by atoms with Crippen molar-refractivity contribution in [3.8, 4) is 5.75 Å². The lowest BCUT2D eigenvalue weighted by atomic mass is 10.1. The predicted octanol–water partition coefficient (Wildman–Crippen LogP) is 4.92. The molecule has 0 bridgehead atoms. The minimum atomic E-state index is 0.0101. The number of benzene rings is 2. The van der Waals surface area contributed by atoms with Crippen LogP contribution in [0.4, 0.5) is 11.4 Å². The number of amides is 1. The molecule has 1 aliphatic rings. The first-order valence-electron chi connectivity index (χ1n) is 9.76. The largest absolute Gasteiger partial charge is 0.497 e. The van der Waals surface area contributed by atoms with Crippen LogP contribution in [0.2, 0.25) is 0 Å². The molecule has 0 radical (unpaired) electrons. The van der Waals surface area contributed by atoms with Crippen LogP contribution >= 0.6 is 0 Å². The van der Waals surface area contributed by atoms with Gasteiger partial charge in [-0.2, -0.15) is 0 Å². The van der Waals surface area contributed by atoms with Gasteiger partial charge in [0.1, 0.15) is 11.4 Å². The Morgan fingerprint density at radius 3 is 2.68 bits per heavy atom. The van der Waals surface area contributed by atoms with Crippen molar-refractivity contribution in [1.82, 2.24) is 9.88 Å². The average Bonchev–Trinajstić information content (AvgIpc) is 2.74. The van der Waals surface area contributed by atoms with Gasteiger partial charge in [-0.3, -0.25) is 4.79 Å². The molecular formula is C23H25N3O2. The fraction of sp³-hybridized carbons (Fsp3) is 0.304. The van der Waals surface area contributed by atoms with Crippen LogP contribution in [0.1, 0.15) is 35.3 Å². The van der Waals surface area contributed by atoms with Crippen molar-refractivity contribution in [2.24, 2.45) is 0 Å². The Labute approximate surface area is 165 Å². The molecule has 1 N–H and O–H groups in total. The van der Waals surface area contributed by atoms with Gasteiger partial charge in [-0.1, -0.05) is 17.7 Å². The Kier molecular flexibility index (Phi) is 5.15. The van der Waals surface area contributed by atoms with Gasteiger partial charge in [0, 0.05) is 30.2 Å². The van der Waals surface area contributed by atoms with Crippen LogP contribution in [0.25, 0.3) is 10.9 Å². The molecular weight excluding hydrogens is 350 g/mol. The molecule has 5 nitrogen and oxygen atoms in total. The molecule has 0 aliphatic carbocycles. The van der Waals surface area contributed by atoms with E-state index in [9.17, 15) is 4.79 Å². The molecule has 0 spiro atoms. The summed E-state index contributed by atoms with van der Waals surface area (Å²) < 4.78 is 5.33. The van der Waals surface area contributed by atoms with Crippen LogP contribution in [0.5, 0.6) is 5.75 Å². The maximum Gasteiger partial charge on any atom is 0.272 e. The van der Waals surface area contributed by atoms with Gasteiger partial charge in [0.15, 0.2) is 0 Å². The first-order valence-corrected chi connectivity index (χ1v) is 9.76. The van der Waals surface area contributed by atoms with Crippen LogP contribution in [-0.4, -0.2) is 36.0 Å². The number of anilines is 2. The summed E-state index contributed by atoms with van der Waals surface area (Å²) in [6.45, 7) is 3.68. The number of hydrogen-bond donors (Lipinski definition) is 1. The molecule has 1 saturated heterocycles. The highest BCUT2D eigenvalue weighted by atomic mass is 16.5. The van der Waals surface area contributed by atoms with Crippen LogP contribution < -0.4 is 10.1 Å². The van der Waals surface area contributed by atoms with E-state index in [1.165, 1.54) is 6.42 Å². The number of fused-ring (bicyclic) bond motifs is 1. The number of hydrogen-bond acceptors (Lipinski definition) is 4. The Morgan fingerprint density at radius 2 is 1.89 bits per heavy atom. The van der Waals surface area contributed by atoms with Crippen LogP contribution in [0.3, 0.4) is 0 Å². The van der Waals surface area contributed by atoms with E-state index in [2.05, 4.69) is 23.3 Å². The number of likely N-dealkylation sites (tertiary alicyclic amines) is 1. The molecule has 1 aromatic heterocycles. The number of methoxy groups -OCH3 is 1. The normalized spacial score (nSPS) is 14.1. The molecule has 0 unspecified atom stereocenters. The monoisotopic (exact) mass is 375 g/mol. The molecule has 0 saturated carbocycles. The number of aromatic nitrogens is 1. The second kappa shape index (κ2) is 7.89. The third kappa shape index (κ3) is 3.79. The number of rotatable bonds is 4. The van der Waals surface area contributed by atoms with Gasteiger partial charge >= 0.3 is 0 Å². The first kappa shape index (κ1) is 18.3. The average molecular weight is 375 g/mol. The molecule has 144 valence electrons. The van der Waals surface area contributed by atoms with Crippen molar-refractivity contribution in [3.05, 3.63) is 59.8 Å². The Morgan fingerprint density at radius 1 is 1.07 bits per heavy atom. The van der Waals surface area contributed by atoms with Gasteiger partial charge in [0.2, 0.25) is 0 Å². The lowest BCUT2D eigenvalue weighted by Gasteiger charge is -2.26. The minimum absolute atomic E-state index is 0.0101. The summed E-state index contributed by atoms with van der Waals surface area (Å²) in [4.78, 5) is 19.6. The molecule has 2 aromatic carbocycles. The molecule has 1 amide bonds. The molecule has 0 atom stereocenters. The molecule has 1 fully saturated rings. The summed E-state index contributed by atoms with van der Waals surface area (Å²) in [6, 6.07) is 15.7. The van der Waals surface area contributed by atoms with E-state index >= 15 is 0 Å². The van der Waals surface area contributed by atoms with Crippen molar-refractivity contribution in [3.63, 3.8) is 0 Å². The SMILES string of the molecule is COc1cccc(Nc2cc(C(=O)N3CCCCC3)nc3ccc(C)cc23)c1. The summed E-state index contributed by atoms with van der Waals surface area (Å²) >= 11 is 0. The quantitative estimate of drug-likeness (QED) is 0.703. The van der Waals surface area contributed by atoms with E-state index < -0.39 is 0 Å². The van der Waals surface area contributed by atoms with Gasteiger partial charge in [-0.15, -0.1) is 0 Å². The second-order valence-electron chi connectivity index (χ2n) is 7.29. The van der Waals surface area contributed by atoms with E-state index in [1.54, 1.807) is 7.11 Å². The summed E-state index contributed by atoms with van der Waals surface area (Å²) in [6.07, 6.45) is 3.32. The van der Waals surface area contributed by atoms with Gasteiger partial charge in [0.25, 0.3) is 5.91 Å². The van der Waals surface area contributed by atoms with E-state index in [0.717, 1.165) is 59.5 Å². The minimum Gasteiger partial charge on any atom is -0.497 e. The van der Waals surface area contributed by atoms with Gasteiger partial charge in [-0.25, -0.2) is 4.98 Å². The third-order valence-electron chi connectivity index (χ3n) is 5.18. The number of aryl methyl sites for hydroxylation is 1. The molecule has 2 heterocycles. The number of nitrogens with one attached hydrogen (secondary N) is 1. The van der Waals surface area contributed by atoms with Crippen LogP contribution in [-0.2, 0) is 0 Å². The molecule has 3 aromatic rings. The van der Waals surface area contributed by atoms with E-state index in [4.69, 9.17) is 4.74 Å². The van der Waals surface area contributed by atoms with E-state index in [1.807, 2.05) is 47.4 Å². The summed E-state index contributed by atoms with van der Waals surface area (Å²) in [5.74, 6) is 0.792. The molecule has 5 heteroatoms. The zero-order chi connectivity index (χ0) is 19.5. The van der Waals surface area contributed by atoms with Gasteiger partial charge in [-0.05, 0) is 56.5 Å². The fourth-order valence-electron chi connectivity index (χ4n) is 3.67. The first-order chi connectivity index (χ1) is 13.6. The topological polar surface area (TPSA) is 54.5 Å². The number of piperidine rings is 1. The zero-order valence-electron chi connectivity index (χ0n) is 16.4. The van der Waals surface area contributed by atoms with E-state index in [0.29, 0.717) is 5.69 Å². The lowest BCUT2D eigenvalue weighted by Crippen LogP contribution is -2.36. The van der Waals surface area contributed by atoms with Crippen LogP contribution in [0.15, 0.2) is 48.5 Å². The van der Waals surface area contributed by atoms with Crippen molar-refractivity contribution in [2.75, 3.05) is 25.5 Å². The van der Waals surface area contributed by atoms with Crippen molar-refractivity contribution in [2.45, 2.75) is 26.2 Å². The van der Waals surface area contributed by atoms with E-state index in [-0.39, 0.29) is 5.91 Å². The Balaban J connectivity index is 1.76. The molecule has 4 rings (SSSR count). The highest BCUT2D eigenvalue weighted by Gasteiger charge is 2.21. The number of ether oxygens (including phenoxy) is 1. The van der Waals surface area contributed by atoms with Crippen molar-refractivity contribution in [1.29, 1.82) is 0 Å². The van der Waals surface area contributed by atoms with Crippen molar-refractivity contribution >= 4 is 28.2 Å². The Bertz CT molecular complexity index is 1010. The van der Waals surface area contributed by atoms with Crippen LogP contribution in [0, 0.1) is 6.92 Å². The summed E-state index contributed by atoms with van der Waals surface area (Å²) in [5.41, 5.74) is 4.24. The smallest absolute Gasteiger partial charge is 0.272 e.